The summed E-state index contributed by atoms with van der Waals surface area (Å²) in [6, 6.07) is 0.0365. The maximum absolute atomic E-state index is 11.7. The molecular weight excluding hydrogens is 297 g/mol. The van der Waals surface area contributed by atoms with E-state index in [0.29, 0.717) is 24.9 Å². The van der Waals surface area contributed by atoms with Crippen LogP contribution in [0.25, 0.3) is 0 Å². The van der Waals surface area contributed by atoms with Gasteiger partial charge in [-0.3, -0.25) is 9.69 Å². The second-order valence-electron chi connectivity index (χ2n) is 5.26. The Morgan fingerprint density at radius 1 is 1.15 bits per heavy atom. The first-order valence-corrected chi connectivity index (χ1v) is 7.23. The van der Waals surface area contributed by atoms with E-state index in [-0.39, 0.29) is 36.8 Å². The van der Waals surface area contributed by atoms with Crippen LogP contribution in [0.1, 0.15) is 47.5 Å². The minimum Gasteiger partial charge on any atom is -0.353 e. The molecule has 0 spiro atoms. The molecule has 0 aromatic carbocycles. The number of nitrogens with zero attached hydrogens (tertiary/aromatic N) is 1. The van der Waals surface area contributed by atoms with Crippen molar-refractivity contribution in [3.05, 3.63) is 0 Å². The summed E-state index contributed by atoms with van der Waals surface area (Å²) in [7, 11) is 0. The fraction of sp³-hybridized carbons (Fsp3) is 0.929. The van der Waals surface area contributed by atoms with Gasteiger partial charge in [0.05, 0.1) is 6.04 Å². The van der Waals surface area contributed by atoms with E-state index in [4.69, 9.17) is 5.73 Å². The van der Waals surface area contributed by atoms with Crippen LogP contribution < -0.4 is 11.1 Å². The minimum absolute atomic E-state index is 0. The summed E-state index contributed by atoms with van der Waals surface area (Å²) in [5, 5.41) is 2.98. The van der Waals surface area contributed by atoms with E-state index >= 15 is 0 Å². The van der Waals surface area contributed by atoms with Crippen LogP contribution in [0.2, 0.25) is 0 Å². The van der Waals surface area contributed by atoms with E-state index in [2.05, 4.69) is 37.9 Å². The second kappa shape index (κ2) is 13.9. The van der Waals surface area contributed by atoms with Gasteiger partial charge in [-0.2, -0.15) is 0 Å². The highest BCUT2D eigenvalue weighted by molar-refractivity contribution is 5.85. The molecule has 0 saturated carbocycles. The smallest absolute Gasteiger partial charge is 0.236 e. The molecule has 6 heteroatoms. The van der Waals surface area contributed by atoms with Crippen LogP contribution in [-0.4, -0.2) is 42.5 Å². The minimum atomic E-state index is -0.374. The number of halogens is 2. The van der Waals surface area contributed by atoms with Gasteiger partial charge in [0.25, 0.3) is 0 Å². The van der Waals surface area contributed by atoms with E-state index in [1.165, 1.54) is 0 Å². The van der Waals surface area contributed by atoms with Gasteiger partial charge in [0, 0.05) is 12.6 Å². The van der Waals surface area contributed by atoms with E-state index in [1.807, 2.05) is 6.92 Å². The van der Waals surface area contributed by atoms with E-state index in [9.17, 15) is 4.79 Å². The Labute approximate surface area is 137 Å². The lowest BCUT2D eigenvalue weighted by molar-refractivity contribution is -0.122. The average molecular weight is 330 g/mol. The number of nitrogens with one attached hydrogen (secondary N) is 1. The van der Waals surface area contributed by atoms with Crippen LogP contribution in [0.3, 0.4) is 0 Å². The van der Waals surface area contributed by atoms with Gasteiger partial charge < -0.3 is 11.1 Å². The van der Waals surface area contributed by atoms with Crippen LogP contribution in [0.4, 0.5) is 0 Å². The lowest BCUT2D eigenvalue weighted by Crippen LogP contribution is -2.48. The quantitative estimate of drug-likeness (QED) is 0.683. The van der Waals surface area contributed by atoms with E-state index in [1.54, 1.807) is 0 Å². The van der Waals surface area contributed by atoms with Crippen molar-refractivity contribution in [3.8, 4) is 0 Å². The maximum atomic E-state index is 11.7. The molecule has 1 amide bonds. The van der Waals surface area contributed by atoms with Crippen molar-refractivity contribution in [2.24, 2.45) is 11.7 Å². The van der Waals surface area contributed by atoms with Crippen molar-refractivity contribution < 1.29 is 4.79 Å². The SMILES string of the molecule is CC[C@H](N)C(=O)NCC(CC(C)C)N(CC)CC.Cl.Cl. The van der Waals surface area contributed by atoms with Crippen molar-refractivity contribution >= 4 is 30.7 Å². The van der Waals surface area contributed by atoms with Gasteiger partial charge in [-0.25, -0.2) is 0 Å². The Balaban J connectivity index is -0.00000144. The van der Waals surface area contributed by atoms with E-state index in [0.717, 1.165) is 19.5 Å². The molecule has 2 atom stereocenters. The predicted octanol–water partition coefficient (Wildman–Crippen LogP) is 2.44. The van der Waals surface area contributed by atoms with Crippen LogP contribution >= 0.6 is 24.8 Å². The van der Waals surface area contributed by atoms with Crippen LogP contribution in [-0.2, 0) is 4.79 Å². The van der Waals surface area contributed by atoms with Crippen LogP contribution in [0.15, 0.2) is 0 Å². The summed E-state index contributed by atoms with van der Waals surface area (Å²) in [6.07, 6.45) is 1.79. The topological polar surface area (TPSA) is 58.4 Å². The molecule has 4 nitrogen and oxygen atoms in total. The molecule has 0 radical (unpaired) electrons. The van der Waals surface area contributed by atoms with E-state index < -0.39 is 0 Å². The van der Waals surface area contributed by atoms with Gasteiger partial charge in [-0.15, -0.1) is 24.8 Å². The first kappa shape index (κ1) is 25.0. The number of nitrogens with two attached hydrogens (primary N) is 1. The Kier molecular flexibility index (Phi) is 17.4. The average Bonchev–Trinajstić information content (AvgIpc) is 2.35. The van der Waals surface area contributed by atoms with Gasteiger partial charge in [0.1, 0.15) is 0 Å². The molecule has 3 N–H and O–H groups in total. The molecule has 0 saturated heterocycles. The number of rotatable bonds is 9. The summed E-state index contributed by atoms with van der Waals surface area (Å²) in [5.41, 5.74) is 5.72. The zero-order valence-corrected chi connectivity index (χ0v) is 15.1. The summed E-state index contributed by atoms with van der Waals surface area (Å²) in [5.74, 6) is 0.603. The number of hydrogen-bond donors (Lipinski definition) is 2. The normalized spacial score (nSPS) is 13.4. The Bertz CT molecular complexity index is 236. The lowest BCUT2D eigenvalue weighted by Gasteiger charge is -2.31. The summed E-state index contributed by atoms with van der Waals surface area (Å²) < 4.78 is 0. The highest BCUT2D eigenvalue weighted by Gasteiger charge is 2.19. The molecule has 0 bridgehead atoms. The third-order valence-corrected chi connectivity index (χ3v) is 3.36. The highest BCUT2D eigenvalue weighted by Crippen LogP contribution is 2.10. The molecule has 0 aromatic rings. The molecule has 0 aliphatic rings. The molecule has 1 unspecified atom stereocenters. The van der Waals surface area contributed by atoms with Crippen molar-refractivity contribution in [3.63, 3.8) is 0 Å². The summed E-state index contributed by atoms with van der Waals surface area (Å²) in [6.45, 7) is 13.4. The van der Waals surface area contributed by atoms with Crippen molar-refractivity contribution in [1.29, 1.82) is 0 Å². The van der Waals surface area contributed by atoms with Gasteiger partial charge >= 0.3 is 0 Å². The van der Waals surface area contributed by atoms with Crippen molar-refractivity contribution in [2.75, 3.05) is 19.6 Å². The fourth-order valence-electron chi connectivity index (χ4n) is 2.18. The van der Waals surface area contributed by atoms with Gasteiger partial charge in [0.15, 0.2) is 0 Å². The second-order valence-corrected chi connectivity index (χ2v) is 5.26. The number of carbonyl (C=O) groups is 1. The third kappa shape index (κ3) is 9.81. The molecule has 0 aliphatic carbocycles. The van der Waals surface area contributed by atoms with Gasteiger partial charge in [-0.05, 0) is 31.8 Å². The summed E-state index contributed by atoms with van der Waals surface area (Å²) in [4.78, 5) is 14.1. The molecular formula is C14H33Cl2N3O. The fourth-order valence-corrected chi connectivity index (χ4v) is 2.18. The Morgan fingerprint density at radius 3 is 2.00 bits per heavy atom. The van der Waals surface area contributed by atoms with Crippen molar-refractivity contribution in [2.45, 2.75) is 59.5 Å². The molecule has 20 heavy (non-hydrogen) atoms. The Hall–Kier alpha value is -0.0300. The maximum Gasteiger partial charge on any atom is 0.236 e. The molecule has 0 rings (SSSR count). The lowest BCUT2D eigenvalue weighted by atomic mass is 10.0. The zero-order valence-electron chi connectivity index (χ0n) is 13.5. The summed E-state index contributed by atoms with van der Waals surface area (Å²) >= 11 is 0. The molecule has 0 heterocycles. The Morgan fingerprint density at radius 2 is 1.65 bits per heavy atom. The largest absolute Gasteiger partial charge is 0.353 e. The predicted molar refractivity (Wildman–Crippen MR) is 91.9 cm³/mol. The monoisotopic (exact) mass is 329 g/mol. The zero-order chi connectivity index (χ0) is 14.1. The number of likely N-dealkylation sites (N-methyl/N-ethyl adjacent to an activating group) is 1. The number of amides is 1. The standard InChI is InChI=1S/C14H31N3O.2ClH/c1-6-13(15)14(18)16-10-12(9-11(4)5)17(7-2)8-3;;/h11-13H,6-10,15H2,1-5H3,(H,16,18);2*1H/t12?,13-;;/m0../s1. The molecule has 0 fully saturated rings. The molecule has 0 aliphatic heterocycles. The van der Waals surface area contributed by atoms with Gasteiger partial charge in [0.2, 0.25) is 5.91 Å². The third-order valence-electron chi connectivity index (χ3n) is 3.36. The highest BCUT2D eigenvalue weighted by atomic mass is 35.5. The van der Waals surface area contributed by atoms with Crippen LogP contribution in [0.5, 0.6) is 0 Å². The number of carbonyl (C=O) groups excluding carboxylic acids is 1. The first-order valence-electron chi connectivity index (χ1n) is 7.23. The molecule has 124 valence electrons. The van der Waals surface area contributed by atoms with Crippen molar-refractivity contribution in [1.82, 2.24) is 10.2 Å². The van der Waals surface area contributed by atoms with Crippen LogP contribution in [0, 0.1) is 5.92 Å². The first-order chi connectivity index (χ1) is 8.46. The number of hydrogen-bond acceptors (Lipinski definition) is 3. The van der Waals surface area contributed by atoms with Gasteiger partial charge in [-0.1, -0.05) is 34.6 Å². The molecule has 0 aromatic heterocycles.